The molecular weight excluding hydrogens is 960 g/mol. The van der Waals surface area contributed by atoms with E-state index in [0.717, 1.165) is 41.0 Å². The Morgan fingerprint density at radius 2 is 1.79 bits per heavy atom. The topological polar surface area (TPSA) is 202 Å². The van der Waals surface area contributed by atoms with Gasteiger partial charge in [-0.15, -0.1) is 20.1 Å². The van der Waals surface area contributed by atoms with E-state index in [1.54, 1.807) is 33.8 Å². The first-order valence-corrected chi connectivity index (χ1v) is 24.9. The molecule has 378 valence electrons. The minimum absolute atomic E-state index is 0.0346. The Morgan fingerprint density at radius 1 is 1.01 bits per heavy atom. The normalized spacial score (nSPS) is 19.9. The van der Waals surface area contributed by atoms with Crippen LogP contribution in [0.1, 0.15) is 87.1 Å². The number of rotatable bonds is 17. The summed E-state index contributed by atoms with van der Waals surface area (Å²) < 4.78 is 44.8. The number of carbonyl (C=O) groups is 4. The zero-order valence-corrected chi connectivity index (χ0v) is 41.5. The first-order valence-electron chi connectivity index (χ1n) is 23.6. The highest BCUT2D eigenvalue weighted by atomic mass is 35.5. The first-order chi connectivity index (χ1) is 33.9. The van der Waals surface area contributed by atoms with Gasteiger partial charge >= 0.3 is 5.57 Å². The third-order valence-corrected chi connectivity index (χ3v) is 13.7. The molecule has 71 heavy (non-hydrogen) atoms. The van der Waals surface area contributed by atoms with Crippen molar-refractivity contribution in [3.63, 3.8) is 0 Å². The molecule has 0 radical (unpaired) electrons. The molecule has 3 aliphatic heterocycles. The molecule has 17 nitrogen and oxygen atoms in total. The Labute approximate surface area is 419 Å². The smallest absolute Gasteiger partial charge is 0.420 e. The van der Waals surface area contributed by atoms with Crippen LogP contribution in [0.3, 0.4) is 0 Å². The molecule has 0 bridgehead atoms. The fourth-order valence-corrected chi connectivity index (χ4v) is 9.93. The number of pyridine rings is 1. The van der Waals surface area contributed by atoms with E-state index in [0.29, 0.717) is 48.9 Å². The second-order valence-corrected chi connectivity index (χ2v) is 20.3. The molecular formula is C50H58ClF2N9O8S. The minimum atomic E-state index is -3.88. The highest BCUT2D eigenvalue weighted by Crippen LogP contribution is 2.36. The fourth-order valence-electron chi connectivity index (χ4n) is 9.03. The van der Waals surface area contributed by atoms with Crippen molar-refractivity contribution in [2.75, 3.05) is 43.1 Å². The summed E-state index contributed by atoms with van der Waals surface area (Å²) in [7, 11) is 0. The van der Waals surface area contributed by atoms with Gasteiger partial charge in [0.05, 0.1) is 46.2 Å². The maximum absolute atomic E-state index is 14.2. The van der Waals surface area contributed by atoms with Crippen LogP contribution >= 0.6 is 22.9 Å². The van der Waals surface area contributed by atoms with Crippen molar-refractivity contribution in [3.05, 3.63) is 95.4 Å². The summed E-state index contributed by atoms with van der Waals surface area (Å²) in [5, 5.41) is 23.9. The van der Waals surface area contributed by atoms with E-state index in [1.807, 2.05) is 58.0 Å². The molecule has 6 heterocycles. The molecule has 8 rings (SSSR count). The van der Waals surface area contributed by atoms with Crippen molar-refractivity contribution in [2.24, 2.45) is 5.41 Å². The van der Waals surface area contributed by atoms with Crippen LogP contribution in [0.25, 0.3) is 21.7 Å². The Morgan fingerprint density at radius 3 is 2.48 bits per heavy atom. The number of aliphatic hydroxyl groups is 1. The van der Waals surface area contributed by atoms with Gasteiger partial charge in [-0.1, -0.05) is 45.0 Å². The Hall–Kier alpha value is -6.06. The van der Waals surface area contributed by atoms with Gasteiger partial charge in [0.1, 0.15) is 23.7 Å². The quantitative estimate of drug-likeness (QED) is 0.0679. The highest BCUT2D eigenvalue weighted by molar-refractivity contribution is 7.13. The van der Waals surface area contributed by atoms with Crippen molar-refractivity contribution < 1.29 is 47.3 Å². The van der Waals surface area contributed by atoms with Gasteiger partial charge in [0.25, 0.3) is 5.91 Å². The average molecular weight is 1020 g/mol. The van der Waals surface area contributed by atoms with Gasteiger partial charge in [-0.2, -0.15) is 5.10 Å². The predicted molar refractivity (Wildman–Crippen MR) is 263 cm³/mol. The SMILES string of the molecule is Cc1ncsc1-c1ccc(CNC(=O)[C@@H]2C[C@@H](O)CN2C(=O)C(NC(=O)CCOC2CCN(c3ncc(C(=O)Nc4ccc(OC(F)(F)Cl)cc4)cc3-c3ccnn3C3CCCCO3)C2)C(C)(C)C)cc1. The molecule has 4 amide bonds. The molecule has 0 spiro atoms. The highest BCUT2D eigenvalue weighted by Gasteiger charge is 2.44. The number of amides is 4. The number of benzene rings is 2. The maximum Gasteiger partial charge on any atom is 0.487 e. The second kappa shape index (κ2) is 22.1. The van der Waals surface area contributed by atoms with Crippen LogP contribution in [0.5, 0.6) is 5.75 Å². The van der Waals surface area contributed by atoms with E-state index in [4.69, 9.17) is 26.1 Å². The monoisotopic (exact) mass is 1020 g/mol. The Bertz CT molecular complexity index is 2670. The van der Waals surface area contributed by atoms with E-state index < -0.39 is 46.9 Å². The lowest BCUT2D eigenvalue weighted by molar-refractivity contribution is -0.144. The molecule has 2 aromatic carbocycles. The average Bonchev–Trinajstić information content (AvgIpc) is 4.18. The first kappa shape index (κ1) is 51.3. The van der Waals surface area contributed by atoms with Crippen molar-refractivity contribution in [1.82, 2.24) is 35.3 Å². The number of anilines is 2. The van der Waals surface area contributed by atoms with E-state index in [-0.39, 0.29) is 62.1 Å². The van der Waals surface area contributed by atoms with Gasteiger partial charge in [0.15, 0.2) is 6.23 Å². The van der Waals surface area contributed by atoms with Gasteiger partial charge in [-0.25, -0.2) is 14.6 Å². The van der Waals surface area contributed by atoms with Crippen LogP contribution in [0.2, 0.25) is 0 Å². The summed E-state index contributed by atoms with van der Waals surface area (Å²) >= 11 is 6.45. The van der Waals surface area contributed by atoms with Crippen LogP contribution < -0.4 is 25.6 Å². The van der Waals surface area contributed by atoms with Crippen LogP contribution in [0.15, 0.2) is 78.6 Å². The second-order valence-electron chi connectivity index (χ2n) is 19.0. The molecule has 5 aromatic rings. The number of aromatic nitrogens is 4. The summed E-state index contributed by atoms with van der Waals surface area (Å²) in [6.45, 7) is 9.30. The van der Waals surface area contributed by atoms with E-state index in [2.05, 4.69) is 35.7 Å². The fraction of sp³-hybridized carbons (Fsp3) is 0.460. The summed E-state index contributed by atoms with van der Waals surface area (Å²) in [6, 6.07) is 14.8. The molecule has 0 aliphatic carbocycles. The molecule has 3 unspecified atom stereocenters. The van der Waals surface area contributed by atoms with E-state index >= 15 is 0 Å². The number of thiazole rings is 1. The van der Waals surface area contributed by atoms with Crippen LogP contribution in [0, 0.1) is 12.3 Å². The lowest BCUT2D eigenvalue weighted by Gasteiger charge is -2.35. The Kier molecular flexibility index (Phi) is 16.0. The summed E-state index contributed by atoms with van der Waals surface area (Å²) in [5.41, 5.74) is 1.94. The number of nitrogens with zero attached hydrogens (tertiary/aromatic N) is 6. The van der Waals surface area contributed by atoms with Gasteiger partial charge in [-0.3, -0.25) is 19.2 Å². The number of ether oxygens (including phenoxy) is 3. The van der Waals surface area contributed by atoms with Crippen molar-refractivity contribution in [1.29, 1.82) is 0 Å². The molecule has 21 heteroatoms. The lowest BCUT2D eigenvalue weighted by atomic mass is 9.85. The molecule has 3 aliphatic rings. The summed E-state index contributed by atoms with van der Waals surface area (Å²) in [4.78, 5) is 68.5. The number of alkyl halides is 3. The zero-order chi connectivity index (χ0) is 50.5. The van der Waals surface area contributed by atoms with Crippen molar-refractivity contribution in [3.8, 4) is 27.4 Å². The number of carbonyl (C=O) groups excluding carboxylic acids is 4. The zero-order valence-electron chi connectivity index (χ0n) is 39.9. The number of hydrogen-bond donors (Lipinski definition) is 4. The maximum atomic E-state index is 14.2. The van der Waals surface area contributed by atoms with Crippen molar-refractivity contribution >= 4 is 58.1 Å². The predicted octanol–water partition coefficient (Wildman–Crippen LogP) is 7.29. The molecule has 3 saturated heterocycles. The lowest BCUT2D eigenvalue weighted by Crippen LogP contribution is -2.57. The molecule has 5 atom stereocenters. The summed E-state index contributed by atoms with van der Waals surface area (Å²) in [6.07, 6.45) is 4.98. The van der Waals surface area contributed by atoms with Gasteiger partial charge in [0.2, 0.25) is 17.7 Å². The van der Waals surface area contributed by atoms with Crippen LogP contribution in [-0.2, 0) is 30.4 Å². The third-order valence-electron chi connectivity index (χ3n) is 12.7. The van der Waals surface area contributed by atoms with Crippen LogP contribution in [-0.4, -0.2) is 116 Å². The number of nitrogens with one attached hydrogen (secondary N) is 3. The standard InChI is InChI=1S/C50H58ClF2N9O8S/c1-30-43(71-29-56-30)32-10-8-31(9-11-32)25-55-47(66)40-24-35(63)27-61(40)48(67)44(49(2,3)4)59-41(64)18-22-68-37-17-20-60(28-37)45-38(39-16-19-57-62(39)42-7-5-6-21-69-42)23-33(26-54-45)46(65)58-34-12-14-36(15-13-34)70-50(51,52)53/h8-16,19,23,26,29,35,37,40,42,44,63H,5-7,17-18,20-22,24-25,27-28H2,1-4H3,(H,55,66)(H,58,65)(H,59,64)/t35-,37?,40+,42?,44?/m1/s1. The largest absolute Gasteiger partial charge is 0.487 e. The molecule has 4 N–H and O–H groups in total. The van der Waals surface area contributed by atoms with Gasteiger partial charge in [0, 0.05) is 80.9 Å². The number of aliphatic hydroxyl groups excluding tert-OH is 1. The Balaban J connectivity index is 0.880. The number of likely N-dealkylation sites (tertiary alicyclic amines) is 1. The van der Waals surface area contributed by atoms with Crippen molar-refractivity contribution in [2.45, 2.75) is 109 Å². The minimum Gasteiger partial charge on any atom is -0.420 e. The van der Waals surface area contributed by atoms with Crippen LogP contribution in [0.4, 0.5) is 20.3 Å². The third kappa shape index (κ3) is 12.9. The van der Waals surface area contributed by atoms with E-state index in [1.165, 1.54) is 35.4 Å². The molecule has 3 aromatic heterocycles. The number of hydrogen-bond acceptors (Lipinski definition) is 13. The van der Waals surface area contributed by atoms with Gasteiger partial charge < -0.3 is 45.1 Å². The van der Waals surface area contributed by atoms with Gasteiger partial charge in [-0.05, 0) is 85.5 Å². The number of β-amino-alcohol motifs (C(OH)–C–C–N with tert-alkyl or cyclic N) is 1. The van der Waals surface area contributed by atoms with E-state index in [9.17, 15) is 33.1 Å². The molecule has 0 saturated carbocycles. The number of halogens is 3. The molecule has 3 fully saturated rings. The number of aryl methyl sites for hydroxylation is 1. The summed E-state index contributed by atoms with van der Waals surface area (Å²) in [5.74, 6) is -1.32.